The van der Waals surface area contributed by atoms with Crippen molar-refractivity contribution in [3.05, 3.63) is 144 Å². The van der Waals surface area contributed by atoms with Crippen LogP contribution in [0.2, 0.25) is 0 Å². The lowest BCUT2D eigenvalue weighted by Gasteiger charge is -2.23. The molecule has 0 aliphatic heterocycles. The average molecular weight is 568 g/mol. The van der Waals surface area contributed by atoms with Gasteiger partial charge in [0, 0.05) is 33.0 Å². The molecule has 0 unspecified atom stereocenters. The smallest absolute Gasteiger partial charge is 0.138 e. The number of hydrogen-bond donors (Lipinski definition) is 0. The second-order valence-corrected chi connectivity index (χ2v) is 11.4. The summed E-state index contributed by atoms with van der Waals surface area (Å²) in [5, 5.41) is 22.6. The van der Waals surface area contributed by atoms with E-state index in [-0.39, 0.29) is 5.57 Å². The Morgan fingerprint density at radius 1 is 0.581 bits per heavy atom. The molecule has 43 heavy (non-hydrogen) atoms. The van der Waals surface area contributed by atoms with Gasteiger partial charge in [0.05, 0.1) is 5.69 Å². The average Bonchev–Trinajstić information content (AvgIpc) is 3.77. The van der Waals surface area contributed by atoms with Crippen LogP contribution in [-0.2, 0) is 0 Å². The number of nitriles is 2. The minimum atomic E-state index is 0.136. The second kappa shape index (κ2) is 9.89. The number of fused-ring (bicyclic) bond motifs is 6. The molecule has 0 N–H and O–H groups in total. The van der Waals surface area contributed by atoms with E-state index in [0.717, 1.165) is 71.0 Å². The number of furan rings is 1. The minimum absolute atomic E-state index is 0.136. The van der Waals surface area contributed by atoms with Gasteiger partial charge in [-0.05, 0) is 76.3 Å². The van der Waals surface area contributed by atoms with Gasteiger partial charge in [-0.25, -0.2) is 0 Å². The van der Waals surface area contributed by atoms with Crippen LogP contribution in [0.25, 0.3) is 49.1 Å². The number of thiophene rings is 1. The second-order valence-electron chi connectivity index (χ2n) is 10.4. The maximum absolute atomic E-state index is 9.67. The molecule has 2 aromatic heterocycles. The predicted molar refractivity (Wildman–Crippen MR) is 174 cm³/mol. The van der Waals surface area contributed by atoms with Gasteiger partial charge in [-0.1, -0.05) is 72.8 Å². The van der Waals surface area contributed by atoms with Gasteiger partial charge in [-0.3, -0.25) is 0 Å². The van der Waals surface area contributed by atoms with Crippen LogP contribution in [0, 0.1) is 22.7 Å². The van der Waals surface area contributed by atoms with Crippen molar-refractivity contribution < 1.29 is 4.42 Å². The topological polar surface area (TPSA) is 64.0 Å². The quantitative estimate of drug-likeness (QED) is 0.198. The summed E-state index contributed by atoms with van der Waals surface area (Å²) in [6.07, 6.45) is 0. The number of rotatable bonds is 4. The van der Waals surface area contributed by atoms with Gasteiger partial charge >= 0.3 is 0 Å². The van der Waals surface area contributed by atoms with Gasteiger partial charge in [-0.2, -0.15) is 10.5 Å². The van der Waals surface area contributed by atoms with E-state index in [1.807, 2.05) is 48.5 Å². The molecule has 0 radical (unpaired) electrons. The number of benzene rings is 5. The Balaban J connectivity index is 1.24. The first-order chi connectivity index (χ1) is 21.2. The summed E-state index contributed by atoms with van der Waals surface area (Å²) in [7, 11) is 0. The Kier molecular flexibility index (Phi) is 5.72. The normalized spacial score (nSPS) is 11.6. The molecule has 4 nitrogen and oxygen atoms in total. The van der Waals surface area contributed by atoms with Crippen molar-refractivity contribution >= 4 is 55.2 Å². The third kappa shape index (κ3) is 3.95. The summed E-state index contributed by atoms with van der Waals surface area (Å²) in [6, 6.07) is 47.7. The van der Waals surface area contributed by atoms with Gasteiger partial charge < -0.3 is 9.32 Å². The third-order valence-corrected chi connectivity index (χ3v) is 9.10. The van der Waals surface area contributed by atoms with Gasteiger partial charge in [0.15, 0.2) is 0 Å². The van der Waals surface area contributed by atoms with Gasteiger partial charge in [-0.15, -0.1) is 11.3 Å². The largest absolute Gasteiger partial charge is 0.456 e. The van der Waals surface area contributed by atoms with Crippen LogP contribution >= 0.6 is 11.3 Å². The molecule has 5 aromatic carbocycles. The van der Waals surface area contributed by atoms with E-state index < -0.39 is 0 Å². The summed E-state index contributed by atoms with van der Waals surface area (Å²) in [4.78, 5) is 3.38. The Bertz CT molecular complexity index is 2310. The maximum atomic E-state index is 9.67. The van der Waals surface area contributed by atoms with Crippen LogP contribution in [0.4, 0.5) is 16.4 Å². The van der Waals surface area contributed by atoms with Crippen molar-refractivity contribution in [1.29, 1.82) is 10.5 Å². The van der Waals surface area contributed by atoms with Gasteiger partial charge in [0.25, 0.3) is 0 Å². The van der Waals surface area contributed by atoms with E-state index in [2.05, 4.69) is 95.9 Å². The van der Waals surface area contributed by atoms with E-state index in [9.17, 15) is 10.5 Å². The van der Waals surface area contributed by atoms with E-state index in [0.29, 0.717) is 5.57 Å². The van der Waals surface area contributed by atoms with Crippen molar-refractivity contribution in [2.75, 3.05) is 4.90 Å². The van der Waals surface area contributed by atoms with Crippen LogP contribution in [0.15, 0.2) is 137 Å². The highest BCUT2D eigenvalue weighted by molar-refractivity contribution is 7.19. The molecule has 0 saturated carbocycles. The Morgan fingerprint density at radius 2 is 1.30 bits per heavy atom. The molecule has 1 aliphatic rings. The zero-order valence-corrected chi connectivity index (χ0v) is 23.6. The molecule has 1 aliphatic carbocycles. The highest BCUT2D eigenvalue weighted by atomic mass is 32.1. The molecule has 8 rings (SSSR count). The number of allylic oxidation sites excluding steroid dienone is 1. The summed E-state index contributed by atoms with van der Waals surface area (Å²) in [5.41, 5.74) is 9.67. The van der Waals surface area contributed by atoms with Crippen LogP contribution in [0.5, 0.6) is 0 Å². The molecule has 5 heteroatoms. The molecule has 0 amide bonds. The summed E-state index contributed by atoms with van der Waals surface area (Å²) < 4.78 is 6.24. The lowest BCUT2D eigenvalue weighted by atomic mass is 9.98. The minimum Gasteiger partial charge on any atom is -0.456 e. The molecule has 7 aromatic rings. The van der Waals surface area contributed by atoms with E-state index in [1.165, 1.54) is 0 Å². The maximum Gasteiger partial charge on any atom is 0.138 e. The zero-order chi connectivity index (χ0) is 28.9. The number of anilines is 3. The molecule has 0 fully saturated rings. The first kappa shape index (κ1) is 24.9. The standard InChI is InChI=1S/C38H21N3OS/c39-22-25(23-40)38-31-12-5-4-10-28(31)33-20-24(14-16-32(33)38)36-18-19-37(43-36)41(26-8-2-1-3-9-26)27-15-17-30-29-11-6-7-13-34(29)42-35(30)21-27/h1-21H. The van der Waals surface area contributed by atoms with Crippen LogP contribution in [-0.4, -0.2) is 0 Å². The molecule has 0 spiro atoms. The monoisotopic (exact) mass is 567 g/mol. The van der Waals surface area contributed by atoms with Crippen molar-refractivity contribution in [3.63, 3.8) is 0 Å². The van der Waals surface area contributed by atoms with E-state index in [4.69, 9.17) is 4.42 Å². The molecule has 200 valence electrons. The van der Waals surface area contributed by atoms with Gasteiger partial charge in [0.2, 0.25) is 0 Å². The summed E-state index contributed by atoms with van der Waals surface area (Å²) >= 11 is 1.72. The Morgan fingerprint density at radius 3 is 2.14 bits per heavy atom. The highest BCUT2D eigenvalue weighted by Crippen LogP contribution is 2.48. The third-order valence-electron chi connectivity index (χ3n) is 7.98. The number of hydrogen-bond acceptors (Lipinski definition) is 5. The summed E-state index contributed by atoms with van der Waals surface area (Å²) in [6.45, 7) is 0. The lowest BCUT2D eigenvalue weighted by Crippen LogP contribution is -2.07. The molecule has 0 bridgehead atoms. The van der Waals surface area contributed by atoms with Crippen LogP contribution < -0.4 is 4.90 Å². The predicted octanol–water partition coefficient (Wildman–Crippen LogP) is 10.6. The first-order valence-electron chi connectivity index (χ1n) is 13.9. The fourth-order valence-electron chi connectivity index (χ4n) is 6.06. The van der Waals surface area contributed by atoms with Crippen LogP contribution in [0.3, 0.4) is 0 Å². The van der Waals surface area contributed by atoms with E-state index in [1.54, 1.807) is 11.3 Å². The molecular weight excluding hydrogens is 547 g/mol. The molecule has 0 saturated heterocycles. The number of nitrogens with zero attached hydrogens (tertiary/aromatic N) is 3. The Hall–Kier alpha value is -5.88. The molecule has 0 atom stereocenters. The molecular formula is C38H21N3OS. The van der Waals surface area contributed by atoms with Crippen LogP contribution in [0.1, 0.15) is 11.1 Å². The SMILES string of the molecule is N#CC(C#N)=C1c2ccccc2-c2cc(-c3ccc(N(c4ccccc4)c4ccc5c(c4)oc4ccccc45)s3)ccc21. The zero-order valence-electron chi connectivity index (χ0n) is 22.8. The highest BCUT2D eigenvalue weighted by Gasteiger charge is 2.27. The van der Waals surface area contributed by atoms with Crippen molar-refractivity contribution in [2.24, 2.45) is 0 Å². The fraction of sp³-hybridized carbons (Fsp3) is 0. The first-order valence-corrected chi connectivity index (χ1v) is 14.7. The number of para-hydroxylation sites is 2. The summed E-state index contributed by atoms with van der Waals surface area (Å²) in [5.74, 6) is 0. The molecule has 2 heterocycles. The fourth-order valence-corrected chi connectivity index (χ4v) is 7.11. The Labute approximate surface area is 252 Å². The van der Waals surface area contributed by atoms with Crippen molar-refractivity contribution in [2.45, 2.75) is 0 Å². The lowest BCUT2D eigenvalue weighted by molar-refractivity contribution is 0.669. The van der Waals surface area contributed by atoms with Crippen molar-refractivity contribution in [3.8, 4) is 33.7 Å². The van der Waals surface area contributed by atoms with E-state index >= 15 is 0 Å². The van der Waals surface area contributed by atoms with Gasteiger partial charge in [0.1, 0.15) is 33.9 Å². The van der Waals surface area contributed by atoms with Crippen molar-refractivity contribution in [1.82, 2.24) is 0 Å².